The van der Waals surface area contributed by atoms with Gasteiger partial charge in [0.2, 0.25) is 0 Å². The first-order valence-electron chi connectivity index (χ1n) is 15.2. The van der Waals surface area contributed by atoms with Crippen molar-refractivity contribution >= 4 is 52.7 Å². The number of sulfone groups is 2. The Morgan fingerprint density at radius 2 is 1.42 bits per heavy atom. The summed E-state index contributed by atoms with van der Waals surface area (Å²) in [7, 11) is -6.80. The minimum Gasteiger partial charge on any atom is -0.264 e. The van der Waals surface area contributed by atoms with Crippen molar-refractivity contribution < 1.29 is 16.8 Å². The van der Waals surface area contributed by atoms with Crippen LogP contribution in [0, 0.1) is 0 Å². The van der Waals surface area contributed by atoms with E-state index in [1.165, 1.54) is 12.5 Å². The molecule has 0 N–H and O–H groups in total. The number of aromatic nitrogens is 3. The molecule has 7 nitrogen and oxygen atoms in total. The van der Waals surface area contributed by atoms with E-state index >= 15 is 0 Å². The van der Waals surface area contributed by atoms with E-state index in [1.54, 1.807) is 61.8 Å². The van der Waals surface area contributed by atoms with Gasteiger partial charge in [-0.2, -0.15) is 0 Å². The highest BCUT2D eigenvalue weighted by molar-refractivity contribution is 7.91. The number of hydrogen-bond acceptors (Lipinski definition) is 8. The highest BCUT2D eigenvalue weighted by Gasteiger charge is 2.33. The minimum absolute atomic E-state index is 0.238. The van der Waals surface area contributed by atoms with E-state index in [2.05, 4.69) is 11.1 Å². The van der Waals surface area contributed by atoms with Crippen LogP contribution in [0.3, 0.4) is 0 Å². The van der Waals surface area contributed by atoms with Crippen molar-refractivity contribution in [1.82, 2.24) is 15.0 Å². The summed E-state index contributed by atoms with van der Waals surface area (Å²) in [6, 6.07) is 30.6. The summed E-state index contributed by atoms with van der Waals surface area (Å²) in [5.74, 6) is 0. The van der Waals surface area contributed by atoms with Gasteiger partial charge in [0.25, 0.3) is 0 Å². The van der Waals surface area contributed by atoms with Crippen LogP contribution < -0.4 is 0 Å². The Morgan fingerprint density at radius 1 is 0.688 bits per heavy atom. The summed E-state index contributed by atoms with van der Waals surface area (Å²) >= 11 is 1.55. The molecule has 0 fully saturated rings. The van der Waals surface area contributed by atoms with Gasteiger partial charge in [0.05, 0.1) is 25.7 Å². The third-order valence-electron chi connectivity index (χ3n) is 8.86. The molecule has 48 heavy (non-hydrogen) atoms. The van der Waals surface area contributed by atoms with Gasteiger partial charge in [-0.3, -0.25) is 9.97 Å². The zero-order valence-electron chi connectivity index (χ0n) is 26.7. The van der Waals surface area contributed by atoms with Crippen LogP contribution in [-0.2, 0) is 24.4 Å². The average Bonchev–Trinajstić information content (AvgIpc) is 3.52. The standard InChI is InChI=1S/C38H31N3O4S3/c1-38(2,48(4,44)45)29-21-27-11-7-18-40-34(27)32(22-29)26-9-5-10-28(20-26)36-35(25-13-15-30(16-14-25)47(3,42)43)41-37(46-36)31-12-6-8-24-17-19-39-23-33(24)31/h5-23H,1-4H3. The molecule has 3 aromatic heterocycles. The molecule has 0 radical (unpaired) electrons. The lowest BCUT2D eigenvalue weighted by Gasteiger charge is -2.24. The Labute approximate surface area is 283 Å². The van der Waals surface area contributed by atoms with E-state index in [1.807, 2.05) is 72.9 Å². The number of fused-ring (bicyclic) bond motifs is 2. The summed E-state index contributed by atoms with van der Waals surface area (Å²) in [6.07, 6.45) is 7.81. The number of nitrogens with zero attached hydrogens (tertiary/aromatic N) is 3. The zero-order valence-corrected chi connectivity index (χ0v) is 29.1. The minimum atomic E-state index is -3.43. The fourth-order valence-corrected chi connectivity index (χ4v) is 8.09. The lowest BCUT2D eigenvalue weighted by Crippen LogP contribution is -2.28. The van der Waals surface area contributed by atoms with Crippen LogP contribution in [0.25, 0.3) is 65.1 Å². The summed E-state index contributed by atoms with van der Waals surface area (Å²) in [4.78, 5) is 15.4. The maximum Gasteiger partial charge on any atom is 0.175 e. The van der Waals surface area contributed by atoms with Gasteiger partial charge >= 0.3 is 0 Å². The van der Waals surface area contributed by atoms with Gasteiger partial charge in [-0.1, -0.05) is 54.6 Å². The molecule has 3 heterocycles. The first-order chi connectivity index (χ1) is 22.8. The van der Waals surface area contributed by atoms with Crippen LogP contribution in [0.4, 0.5) is 0 Å². The molecule has 0 saturated carbocycles. The Morgan fingerprint density at radius 3 is 2.17 bits per heavy atom. The van der Waals surface area contributed by atoms with Crippen LogP contribution in [0.2, 0.25) is 0 Å². The van der Waals surface area contributed by atoms with E-state index in [0.29, 0.717) is 5.56 Å². The molecule has 0 amide bonds. The van der Waals surface area contributed by atoms with Gasteiger partial charge < -0.3 is 0 Å². The normalized spacial score (nSPS) is 12.5. The first-order valence-corrected chi connectivity index (χ1v) is 19.8. The zero-order chi connectivity index (χ0) is 33.8. The molecule has 10 heteroatoms. The second kappa shape index (κ2) is 11.7. The molecule has 7 rings (SSSR count). The Balaban J connectivity index is 1.44. The highest BCUT2D eigenvalue weighted by Crippen LogP contribution is 2.44. The molecule has 240 valence electrons. The van der Waals surface area contributed by atoms with Gasteiger partial charge in [-0.05, 0) is 78.4 Å². The smallest absolute Gasteiger partial charge is 0.175 e. The Bertz CT molecular complexity index is 2590. The van der Waals surface area contributed by atoms with E-state index < -0.39 is 24.4 Å². The van der Waals surface area contributed by atoms with Gasteiger partial charge in [0, 0.05) is 58.6 Å². The van der Waals surface area contributed by atoms with Crippen LogP contribution in [0.5, 0.6) is 0 Å². The molecule has 0 bridgehead atoms. The van der Waals surface area contributed by atoms with Gasteiger partial charge in [-0.25, -0.2) is 21.8 Å². The summed E-state index contributed by atoms with van der Waals surface area (Å²) in [6.45, 7) is 3.45. The lowest BCUT2D eigenvalue weighted by atomic mass is 9.92. The molecule has 0 aliphatic carbocycles. The van der Waals surface area contributed by atoms with Crippen molar-refractivity contribution in [3.8, 4) is 43.4 Å². The van der Waals surface area contributed by atoms with Crippen LogP contribution >= 0.6 is 11.3 Å². The Kier molecular flexibility index (Phi) is 7.77. The molecule has 0 spiro atoms. The topological polar surface area (TPSA) is 107 Å². The molecular formula is C38H31N3O4S3. The van der Waals surface area contributed by atoms with Crippen LogP contribution in [-0.4, -0.2) is 44.3 Å². The third-order valence-corrected chi connectivity index (χ3v) is 13.2. The molecule has 4 aromatic carbocycles. The summed E-state index contributed by atoms with van der Waals surface area (Å²) in [5, 5.41) is 3.69. The average molecular weight is 690 g/mol. The molecule has 0 unspecified atom stereocenters. The van der Waals surface area contributed by atoms with E-state index in [9.17, 15) is 16.8 Å². The summed E-state index contributed by atoms with van der Waals surface area (Å²) < 4.78 is 49.1. The number of thiazole rings is 1. The quantitative estimate of drug-likeness (QED) is 0.165. The van der Waals surface area contributed by atoms with E-state index in [4.69, 9.17) is 9.97 Å². The number of rotatable bonds is 7. The van der Waals surface area contributed by atoms with Crippen molar-refractivity contribution in [3.63, 3.8) is 0 Å². The first kappa shape index (κ1) is 31.8. The van der Waals surface area contributed by atoms with Gasteiger partial charge in [0.15, 0.2) is 19.7 Å². The highest BCUT2D eigenvalue weighted by atomic mass is 32.2. The molecular weight excluding hydrogens is 659 g/mol. The molecule has 0 aliphatic rings. The van der Waals surface area contributed by atoms with Crippen molar-refractivity contribution in [2.45, 2.75) is 23.5 Å². The fourth-order valence-electron chi connectivity index (χ4n) is 5.79. The van der Waals surface area contributed by atoms with Gasteiger partial charge in [-0.15, -0.1) is 11.3 Å². The Hall–Kier alpha value is -4.77. The monoisotopic (exact) mass is 689 g/mol. The van der Waals surface area contributed by atoms with E-state index in [-0.39, 0.29) is 4.90 Å². The van der Waals surface area contributed by atoms with Crippen LogP contribution in [0.1, 0.15) is 19.4 Å². The second-order valence-corrected chi connectivity index (χ2v) is 17.9. The largest absolute Gasteiger partial charge is 0.264 e. The van der Waals surface area contributed by atoms with Gasteiger partial charge in [0.1, 0.15) is 5.01 Å². The van der Waals surface area contributed by atoms with Crippen molar-refractivity contribution in [2.24, 2.45) is 0 Å². The maximum absolute atomic E-state index is 12.9. The summed E-state index contributed by atoms with van der Waals surface area (Å²) in [5.41, 5.74) is 6.53. The molecule has 0 atom stereocenters. The molecule has 0 aliphatic heterocycles. The predicted molar refractivity (Wildman–Crippen MR) is 195 cm³/mol. The molecule has 0 saturated heterocycles. The van der Waals surface area contributed by atoms with Crippen molar-refractivity contribution in [1.29, 1.82) is 0 Å². The SMILES string of the molecule is CC(C)(c1cc(-c2cccc(-c3sc(-c4cccc5ccncc45)nc3-c3ccc(S(C)(=O)=O)cc3)c2)c2ncccc2c1)S(C)(=O)=O. The second-order valence-electron chi connectivity index (χ2n) is 12.4. The fraction of sp³-hybridized carbons (Fsp3) is 0.132. The van der Waals surface area contributed by atoms with Crippen molar-refractivity contribution in [3.05, 3.63) is 121 Å². The number of pyridine rings is 2. The maximum atomic E-state index is 12.9. The van der Waals surface area contributed by atoms with Crippen molar-refractivity contribution in [2.75, 3.05) is 12.5 Å². The van der Waals surface area contributed by atoms with E-state index in [0.717, 1.165) is 65.1 Å². The van der Waals surface area contributed by atoms with Crippen LogP contribution in [0.15, 0.2) is 121 Å². The predicted octanol–water partition coefficient (Wildman–Crippen LogP) is 8.59. The third kappa shape index (κ3) is 5.70. The number of benzene rings is 4. The number of hydrogen-bond donors (Lipinski definition) is 0. The molecule has 7 aromatic rings. The lowest BCUT2D eigenvalue weighted by molar-refractivity contribution is 0.561.